The maximum Gasteiger partial charge on any atom is 0.472 e. The minimum atomic E-state index is -4.39. The van der Waals surface area contributed by atoms with E-state index in [2.05, 4.69) is 50.3 Å². The molecule has 0 amide bonds. The highest BCUT2D eigenvalue weighted by molar-refractivity contribution is 7.47. The molecule has 0 rings (SSSR count). The molecule has 1 N–H and O–H groups in total. The van der Waals surface area contributed by atoms with Crippen molar-refractivity contribution in [2.45, 2.75) is 251 Å². The number of phosphoric ester groups is 1. The predicted octanol–water partition coefficient (Wildman–Crippen LogP) is 16.0. The molecule has 0 aromatic heterocycles. The number of unbranched alkanes of at least 4 members (excludes halogenated alkanes) is 29. The molecule has 1 unspecified atom stereocenters. The molecule has 0 spiro atoms. The van der Waals surface area contributed by atoms with E-state index in [0.29, 0.717) is 23.9 Å². The lowest BCUT2D eigenvalue weighted by molar-refractivity contribution is -0.870. The van der Waals surface area contributed by atoms with Crippen LogP contribution in [0.1, 0.15) is 245 Å². The quantitative estimate of drug-likeness (QED) is 0.0211. The Morgan fingerprint density at radius 3 is 1.33 bits per heavy atom. The van der Waals surface area contributed by atoms with Crippen molar-refractivity contribution in [3.63, 3.8) is 0 Å². The first kappa shape index (κ1) is 62.2. The van der Waals surface area contributed by atoms with Gasteiger partial charge in [-0.1, -0.05) is 204 Å². The topological polar surface area (TPSA) is 108 Å². The Bertz CT molecular complexity index is 1180. The maximum atomic E-state index is 12.7. The highest BCUT2D eigenvalue weighted by atomic mass is 31.2. The van der Waals surface area contributed by atoms with Gasteiger partial charge in [-0.15, -0.1) is 0 Å². The number of phosphoric acid groups is 1. The highest BCUT2D eigenvalue weighted by Crippen LogP contribution is 2.43. The Morgan fingerprint density at radius 1 is 0.484 bits per heavy atom. The summed E-state index contributed by atoms with van der Waals surface area (Å²) >= 11 is 0. The summed E-state index contributed by atoms with van der Waals surface area (Å²) in [5.41, 5.74) is 0. The van der Waals surface area contributed by atoms with Crippen molar-refractivity contribution in [2.75, 3.05) is 47.5 Å². The third-order valence-corrected chi connectivity index (χ3v) is 12.6. The smallest absolute Gasteiger partial charge is 0.462 e. The third kappa shape index (κ3) is 49.7. The molecule has 0 aromatic rings. The molecule has 0 bridgehead atoms. The summed E-state index contributed by atoms with van der Waals surface area (Å²) in [5.74, 6) is -0.837. The highest BCUT2D eigenvalue weighted by Gasteiger charge is 2.27. The summed E-state index contributed by atoms with van der Waals surface area (Å²) in [5, 5.41) is 0. The number of allylic oxidation sites excluding steroid dienone is 6. The summed E-state index contributed by atoms with van der Waals surface area (Å²) in [6.07, 6.45) is 55.0. The molecule has 9 nitrogen and oxygen atoms in total. The summed E-state index contributed by atoms with van der Waals surface area (Å²) in [7, 11) is 1.46. The molecule has 0 radical (unpaired) electrons. The fourth-order valence-corrected chi connectivity index (χ4v) is 8.20. The van der Waals surface area contributed by atoms with E-state index in [0.717, 1.165) is 44.9 Å². The molecule has 0 aromatic carbocycles. The zero-order valence-electron chi connectivity index (χ0n) is 42.5. The van der Waals surface area contributed by atoms with Crippen LogP contribution < -0.4 is 0 Å². The van der Waals surface area contributed by atoms with E-state index in [1.165, 1.54) is 161 Å². The van der Waals surface area contributed by atoms with Gasteiger partial charge >= 0.3 is 19.8 Å². The number of hydrogen-bond acceptors (Lipinski definition) is 7. The van der Waals surface area contributed by atoms with Crippen LogP contribution in [0.3, 0.4) is 0 Å². The number of esters is 2. The van der Waals surface area contributed by atoms with Gasteiger partial charge in [0, 0.05) is 12.8 Å². The second-order valence-electron chi connectivity index (χ2n) is 19.3. The zero-order valence-corrected chi connectivity index (χ0v) is 43.4. The Balaban J connectivity index is 4.23. The summed E-state index contributed by atoms with van der Waals surface area (Å²) in [4.78, 5) is 35.5. The zero-order chi connectivity index (χ0) is 47.1. The van der Waals surface area contributed by atoms with Gasteiger partial charge in [-0.2, -0.15) is 0 Å². The fourth-order valence-electron chi connectivity index (χ4n) is 7.46. The molecule has 0 aliphatic heterocycles. The maximum absolute atomic E-state index is 12.7. The Kier molecular flexibility index (Phi) is 45.1. The number of likely N-dealkylation sites (N-methyl/N-ethyl adjacent to an activating group) is 1. The van der Waals surface area contributed by atoms with E-state index in [1.807, 2.05) is 21.1 Å². The third-order valence-electron chi connectivity index (χ3n) is 11.6. The van der Waals surface area contributed by atoms with E-state index in [-0.39, 0.29) is 26.1 Å². The van der Waals surface area contributed by atoms with Crippen molar-refractivity contribution in [3.05, 3.63) is 36.5 Å². The van der Waals surface area contributed by atoms with Gasteiger partial charge in [0.15, 0.2) is 6.10 Å². The monoisotopic (exact) mass is 925 g/mol. The van der Waals surface area contributed by atoms with Crippen molar-refractivity contribution in [1.29, 1.82) is 0 Å². The molecule has 64 heavy (non-hydrogen) atoms. The van der Waals surface area contributed by atoms with Crippen molar-refractivity contribution in [2.24, 2.45) is 0 Å². The van der Waals surface area contributed by atoms with Crippen LogP contribution in [0.25, 0.3) is 0 Å². The van der Waals surface area contributed by atoms with Crippen LogP contribution in [0.5, 0.6) is 0 Å². The van der Waals surface area contributed by atoms with Crippen molar-refractivity contribution in [3.8, 4) is 0 Å². The first-order chi connectivity index (χ1) is 31.0. The van der Waals surface area contributed by atoms with Gasteiger partial charge in [-0.3, -0.25) is 18.6 Å². The number of rotatable bonds is 49. The predicted molar refractivity (Wildman–Crippen MR) is 270 cm³/mol. The van der Waals surface area contributed by atoms with Crippen LogP contribution in [0, 0.1) is 0 Å². The van der Waals surface area contributed by atoms with Crippen molar-refractivity contribution >= 4 is 19.8 Å². The van der Waals surface area contributed by atoms with E-state index in [9.17, 15) is 19.0 Å². The number of nitrogens with zero attached hydrogens (tertiary/aromatic N) is 1. The minimum absolute atomic E-state index is 0.0267. The van der Waals surface area contributed by atoms with E-state index in [4.69, 9.17) is 18.5 Å². The van der Waals surface area contributed by atoms with Gasteiger partial charge in [0.05, 0.1) is 27.7 Å². The second-order valence-corrected chi connectivity index (χ2v) is 20.7. The molecular formula is C54H103NO8P+. The second kappa shape index (κ2) is 46.3. The Hall–Kier alpha value is -1.77. The number of hydrogen-bond donors (Lipinski definition) is 1. The number of carbonyl (C=O) groups is 2. The normalized spacial score (nSPS) is 13.7. The molecule has 0 fully saturated rings. The largest absolute Gasteiger partial charge is 0.472 e. The first-order valence-corrected chi connectivity index (χ1v) is 28.2. The lowest BCUT2D eigenvalue weighted by atomic mass is 10.0. The molecular weight excluding hydrogens is 822 g/mol. The van der Waals surface area contributed by atoms with E-state index >= 15 is 0 Å². The van der Waals surface area contributed by atoms with Gasteiger partial charge in [-0.05, 0) is 64.2 Å². The van der Waals surface area contributed by atoms with Crippen LogP contribution >= 0.6 is 7.82 Å². The van der Waals surface area contributed by atoms with Crippen molar-refractivity contribution in [1.82, 2.24) is 0 Å². The van der Waals surface area contributed by atoms with Crippen LogP contribution in [-0.2, 0) is 32.7 Å². The number of quaternary nitrogens is 1. The van der Waals surface area contributed by atoms with E-state index < -0.39 is 32.5 Å². The molecule has 0 saturated heterocycles. The SMILES string of the molecule is CCCCC/C=C/C/C=C/CCCCCCCCCC(=O)O[C@@H](COC(=O)CCC/C=C/CCCCCCCCCCCCCCCCCCCC)COP(=O)(O)OCC[N+](C)(C)C. The van der Waals surface area contributed by atoms with Gasteiger partial charge < -0.3 is 18.9 Å². The molecule has 0 aliphatic rings. The lowest BCUT2D eigenvalue weighted by Gasteiger charge is -2.24. The number of carbonyl (C=O) groups excluding carboxylic acids is 2. The Morgan fingerprint density at radius 2 is 0.859 bits per heavy atom. The van der Waals surface area contributed by atoms with Gasteiger partial charge in [0.2, 0.25) is 0 Å². The molecule has 2 atom stereocenters. The van der Waals surface area contributed by atoms with Crippen LogP contribution in [0.15, 0.2) is 36.5 Å². The van der Waals surface area contributed by atoms with Crippen LogP contribution in [0.4, 0.5) is 0 Å². The average Bonchev–Trinajstić information content (AvgIpc) is 3.25. The standard InChI is InChI=1S/C54H102NO8P/c1-6-8-10-12-14-16-18-20-22-24-25-26-27-28-29-31-32-34-36-38-40-42-44-46-53(56)60-50-52(51-62-64(58,59)61-49-48-55(3,4)5)63-54(57)47-45-43-41-39-37-35-33-30-23-21-19-17-15-13-11-9-7-2/h15,17,21,23,38,40,52H,6-14,16,18-20,22,24-37,39,41-51H2,1-5H3/p+1/b17-15+,23-21+,40-38+/t52-/m0/s1. The molecule has 0 saturated carbocycles. The molecule has 0 aliphatic carbocycles. The average molecular weight is 925 g/mol. The molecule has 0 heterocycles. The molecule has 10 heteroatoms. The van der Waals surface area contributed by atoms with E-state index in [1.54, 1.807) is 0 Å². The van der Waals surface area contributed by atoms with Crippen molar-refractivity contribution < 1.29 is 42.1 Å². The van der Waals surface area contributed by atoms with Crippen LogP contribution in [-0.4, -0.2) is 74.9 Å². The molecule has 376 valence electrons. The summed E-state index contributed by atoms with van der Waals surface area (Å²) in [6, 6.07) is 0. The minimum Gasteiger partial charge on any atom is -0.462 e. The first-order valence-electron chi connectivity index (χ1n) is 26.7. The van der Waals surface area contributed by atoms with Crippen LogP contribution in [0.2, 0.25) is 0 Å². The fraction of sp³-hybridized carbons (Fsp3) is 0.852. The van der Waals surface area contributed by atoms with Gasteiger partial charge in [-0.25, -0.2) is 4.57 Å². The van der Waals surface area contributed by atoms with Gasteiger partial charge in [0.25, 0.3) is 0 Å². The number of ether oxygens (including phenoxy) is 2. The van der Waals surface area contributed by atoms with Gasteiger partial charge in [0.1, 0.15) is 19.8 Å². The lowest BCUT2D eigenvalue weighted by Crippen LogP contribution is -2.37. The Labute approximate surface area is 395 Å². The summed E-state index contributed by atoms with van der Waals surface area (Å²) in [6.45, 7) is 4.39. The summed E-state index contributed by atoms with van der Waals surface area (Å²) < 4.78 is 34.4.